The maximum atomic E-state index is 11.3. The molecule has 0 aromatic rings. The van der Waals surface area contributed by atoms with E-state index in [-0.39, 0.29) is 6.54 Å². The highest BCUT2D eigenvalue weighted by molar-refractivity contribution is 7.90. The van der Waals surface area contributed by atoms with Crippen LogP contribution in [0.15, 0.2) is 0 Å². The van der Waals surface area contributed by atoms with Crippen molar-refractivity contribution in [2.75, 3.05) is 13.1 Å². The van der Waals surface area contributed by atoms with Gasteiger partial charge < -0.3 is 5.73 Å². The van der Waals surface area contributed by atoms with Crippen molar-refractivity contribution in [2.45, 2.75) is 26.0 Å². The summed E-state index contributed by atoms with van der Waals surface area (Å²) in [5, 5.41) is -0.503. The lowest BCUT2D eigenvalue weighted by molar-refractivity contribution is 0.550. The van der Waals surface area contributed by atoms with Gasteiger partial charge in [-0.15, -0.1) is 0 Å². The molecule has 0 fully saturated rings. The SMILES string of the molecule is CC(C)CNS(=O)(=O)C(C)CN. The number of rotatable bonds is 5. The van der Waals surface area contributed by atoms with E-state index < -0.39 is 15.3 Å². The molecule has 0 radical (unpaired) electrons. The minimum atomic E-state index is -3.18. The Labute approximate surface area is 74.6 Å². The predicted octanol–water partition coefficient (Wildman–Crippen LogP) is -0.0910. The first-order valence-corrected chi connectivity index (χ1v) is 5.63. The van der Waals surface area contributed by atoms with E-state index in [1.165, 1.54) is 0 Å². The van der Waals surface area contributed by atoms with Crippen molar-refractivity contribution in [1.82, 2.24) is 4.72 Å². The van der Waals surface area contributed by atoms with E-state index in [2.05, 4.69) is 4.72 Å². The highest BCUT2D eigenvalue weighted by Crippen LogP contribution is 1.97. The van der Waals surface area contributed by atoms with Gasteiger partial charge in [0.2, 0.25) is 10.0 Å². The van der Waals surface area contributed by atoms with Crippen LogP contribution < -0.4 is 10.5 Å². The standard InChI is InChI=1S/C7H18N2O2S/c1-6(2)5-9-12(10,11)7(3)4-8/h6-7,9H,4-5,8H2,1-3H3. The Bertz CT molecular complexity index is 211. The van der Waals surface area contributed by atoms with Crippen molar-refractivity contribution >= 4 is 10.0 Å². The summed E-state index contributed by atoms with van der Waals surface area (Å²) in [6.45, 7) is 6.15. The molecule has 0 aromatic carbocycles. The topological polar surface area (TPSA) is 72.2 Å². The molecule has 1 atom stereocenters. The van der Waals surface area contributed by atoms with Crippen LogP contribution >= 0.6 is 0 Å². The van der Waals surface area contributed by atoms with Gasteiger partial charge in [-0.2, -0.15) is 0 Å². The minimum Gasteiger partial charge on any atom is -0.329 e. The van der Waals surface area contributed by atoms with Gasteiger partial charge >= 0.3 is 0 Å². The van der Waals surface area contributed by atoms with E-state index in [4.69, 9.17) is 5.73 Å². The fraction of sp³-hybridized carbons (Fsp3) is 1.00. The lowest BCUT2D eigenvalue weighted by atomic mass is 10.2. The van der Waals surface area contributed by atoms with Gasteiger partial charge in [-0.3, -0.25) is 0 Å². The molecule has 0 saturated carbocycles. The molecular formula is C7H18N2O2S. The molecular weight excluding hydrogens is 176 g/mol. The summed E-state index contributed by atoms with van der Waals surface area (Å²) < 4.78 is 25.1. The summed E-state index contributed by atoms with van der Waals surface area (Å²) in [5.41, 5.74) is 5.25. The van der Waals surface area contributed by atoms with Gasteiger partial charge in [-0.05, 0) is 12.8 Å². The third-order valence-electron chi connectivity index (χ3n) is 1.55. The molecule has 3 N–H and O–H groups in total. The average molecular weight is 194 g/mol. The molecule has 0 aliphatic rings. The molecule has 4 nitrogen and oxygen atoms in total. The molecule has 0 saturated heterocycles. The number of hydrogen-bond acceptors (Lipinski definition) is 3. The van der Waals surface area contributed by atoms with Gasteiger partial charge in [0.15, 0.2) is 0 Å². The van der Waals surface area contributed by atoms with Crippen LogP contribution in [0.1, 0.15) is 20.8 Å². The smallest absolute Gasteiger partial charge is 0.215 e. The Balaban J connectivity index is 4.06. The van der Waals surface area contributed by atoms with E-state index >= 15 is 0 Å². The summed E-state index contributed by atoms with van der Waals surface area (Å²) >= 11 is 0. The average Bonchev–Trinajstić information content (AvgIpc) is 1.99. The molecule has 0 aliphatic carbocycles. The largest absolute Gasteiger partial charge is 0.329 e. The van der Waals surface area contributed by atoms with Crippen LogP contribution in [0, 0.1) is 5.92 Å². The molecule has 0 bridgehead atoms. The quantitative estimate of drug-likeness (QED) is 0.642. The summed E-state index contributed by atoms with van der Waals surface area (Å²) in [4.78, 5) is 0. The van der Waals surface area contributed by atoms with Crippen molar-refractivity contribution in [1.29, 1.82) is 0 Å². The Morgan fingerprint density at radius 2 is 1.83 bits per heavy atom. The Morgan fingerprint density at radius 3 is 2.17 bits per heavy atom. The molecule has 0 spiro atoms. The Morgan fingerprint density at radius 1 is 1.33 bits per heavy atom. The van der Waals surface area contributed by atoms with Crippen LogP contribution in [0.3, 0.4) is 0 Å². The first-order chi connectivity index (χ1) is 5.40. The van der Waals surface area contributed by atoms with Gasteiger partial charge in [-0.25, -0.2) is 13.1 Å². The number of nitrogens with two attached hydrogens (primary N) is 1. The van der Waals surface area contributed by atoms with E-state index in [9.17, 15) is 8.42 Å². The lowest BCUT2D eigenvalue weighted by Gasteiger charge is -2.12. The molecule has 5 heteroatoms. The number of hydrogen-bond donors (Lipinski definition) is 2. The first-order valence-electron chi connectivity index (χ1n) is 4.08. The number of nitrogens with one attached hydrogen (secondary N) is 1. The van der Waals surface area contributed by atoms with E-state index in [0.717, 1.165) is 0 Å². The van der Waals surface area contributed by atoms with E-state index in [1.54, 1.807) is 6.92 Å². The zero-order chi connectivity index (χ0) is 9.78. The lowest BCUT2D eigenvalue weighted by Crippen LogP contribution is -2.38. The first kappa shape index (κ1) is 11.9. The van der Waals surface area contributed by atoms with Gasteiger partial charge in [0.05, 0.1) is 5.25 Å². The van der Waals surface area contributed by atoms with Crippen LogP contribution in [0.5, 0.6) is 0 Å². The van der Waals surface area contributed by atoms with Gasteiger partial charge in [0, 0.05) is 13.1 Å². The van der Waals surface area contributed by atoms with Crippen molar-refractivity contribution in [3.8, 4) is 0 Å². The second-order valence-electron chi connectivity index (χ2n) is 3.33. The summed E-state index contributed by atoms with van der Waals surface area (Å²) in [7, 11) is -3.18. The van der Waals surface area contributed by atoms with E-state index in [1.807, 2.05) is 13.8 Å². The predicted molar refractivity (Wildman–Crippen MR) is 50.3 cm³/mol. The summed E-state index contributed by atoms with van der Waals surface area (Å²) in [5.74, 6) is 0.324. The Hall–Kier alpha value is -0.130. The minimum absolute atomic E-state index is 0.160. The Kier molecular flexibility index (Phi) is 4.74. The normalized spacial score (nSPS) is 15.1. The fourth-order valence-corrected chi connectivity index (χ4v) is 1.66. The highest BCUT2D eigenvalue weighted by Gasteiger charge is 2.18. The van der Waals surface area contributed by atoms with Crippen LogP contribution in [0.4, 0.5) is 0 Å². The van der Waals surface area contributed by atoms with Crippen LogP contribution in [0.25, 0.3) is 0 Å². The fourth-order valence-electron chi connectivity index (χ4n) is 0.552. The molecule has 0 aromatic heterocycles. The molecule has 0 heterocycles. The zero-order valence-electron chi connectivity index (χ0n) is 7.87. The monoisotopic (exact) mass is 194 g/mol. The molecule has 74 valence electrons. The van der Waals surface area contributed by atoms with Crippen LogP contribution in [0.2, 0.25) is 0 Å². The highest BCUT2D eigenvalue weighted by atomic mass is 32.2. The van der Waals surface area contributed by atoms with Crippen LogP contribution in [-0.4, -0.2) is 26.8 Å². The van der Waals surface area contributed by atoms with E-state index in [0.29, 0.717) is 12.5 Å². The maximum absolute atomic E-state index is 11.3. The molecule has 0 aliphatic heterocycles. The summed E-state index contributed by atoms with van der Waals surface area (Å²) in [6.07, 6.45) is 0. The number of sulfonamides is 1. The molecule has 0 rings (SSSR count). The second-order valence-corrected chi connectivity index (χ2v) is 5.52. The van der Waals surface area contributed by atoms with Crippen molar-refractivity contribution in [3.05, 3.63) is 0 Å². The third-order valence-corrected chi connectivity index (χ3v) is 3.38. The third kappa shape index (κ3) is 4.04. The van der Waals surface area contributed by atoms with Gasteiger partial charge in [0.25, 0.3) is 0 Å². The molecule has 12 heavy (non-hydrogen) atoms. The van der Waals surface area contributed by atoms with Crippen molar-refractivity contribution in [3.63, 3.8) is 0 Å². The van der Waals surface area contributed by atoms with Crippen molar-refractivity contribution in [2.24, 2.45) is 11.7 Å². The molecule has 1 unspecified atom stereocenters. The molecule has 0 amide bonds. The van der Waals surface area contributed by atoms with Crippen molar-refractivity contribution < 1.29 is 8.42 Å². The van der Waals surface area contributed by atoms with Gasteiger partial charge in [-0.1, -0.05) is 13.8 Å². The van der Waals surface area contributed by atoms with Gasteiger partial charge in [0.1, 0.15) is 0 Å². The zero-order valence-corrected chi connectivity index (χ0v) is 8.69. The maximum Gasteiger partial charge on any atom is 0.215 e. The van der Waals surface area contributed by atoms with Crippen LogP contribution in [-0.2, 0) is 10.0 Å². The second kappa shape index (κ2) is 4.79. The summed E-state index contributed by atoms with van der Waals surface area (Å²) in [6, 6.07) is 0.